The first-order valence-electron chi connectivity index (χ1n) is 13.5. The molecule has 5 aromatic rings. The quantitative estimate of drug-likeness (QED) is 0.239. The maximum atomic E-state index is 6.54. The van der Waals surface area contributed by atoms with Crippen LogP contribution in [-0.4, -0.2) is 54.0 Å². The van der Waals surface area contributed by atoms with Gasteiger partial charge in [-0.3, -0.25) is 4.98 Å². The maximum absolute atomic E-state index is 6.54. The Balaban J connectivity index is 1.19. The van der Waals surface area contributed by atoms with Gasteiger partial charge in [-0.2, -0.15) is 0 Å². The summed E-state index contributed by atoms with van der Waals surface area (Å²) in [6.07, 6.45) is 7.50. The average Bonchev–Trinajstić information content (AvgIpc) is 3.48. The molecule has 0 radical (unpaired) electrons. The normalized spacial score (nSPS) is 14.6. The van der Waals surface area contributed by atoms with Crippen LogP contribution in [0.15, 0.2) is 73.3 Å². The largest absolute Gasteiger partial charge is 0.486 e. The summed E-state index contributed by atoms with van der Waals surface area (Å²) in [4.78, 5) is 15.8. The fraction of sp³-hybridized carbons (Fsp3) is 0.300. The summed E-state index contributed by atoms with van der Waals surface area (Å²) < 4.78 is 7.88. The Morgan fingerprint density at radius 3 is 2.67 bits per heavy atom. The van der Waals surface area contributed by atoms with Crippen molar-refractivity contribution in [1.82, 2.24) is 34.8 Å². The summed E-state index contributed by atoms with van der Waals surface area (Å²) in [5, 5.41) is 13.7. The molecule has 0 spiro atoms. The number of nitrogens with one attached hydrogen (secondary N) is 1. The van der Waals surface area contributed by atoms with Crippen molar-refractivity contribution in [1.29, 1.82) is 0 Å². The van der Waals surface area contributed by atoms with Crippen LogP contribution in [0.1, 0.15) is 38.4 Å². The van der Waals surface area contributed by atoms with Gasteiger partial charge >= 0.3 is 0 Å². The third-order valence-corrected chi connectivity index (χ3v) is 7.64. The van der Waals surface area contributed by atoms with E-state index in [1.807, 2.05) is 53.2 Å². The first-order chi connectivity index (χ1) is 19.5. The number of aromatic nitrogens is 6. The van der Waals surface area contributed by atoms with Crippen molar-refractivity contribution in [3.8, 4) is 17.0 Å². The van der Waals surface area contributed by atoms with E-state index in [-0.39, 0.29) is 0 Å². The van der Waals surface area contributed by atoms with Crippen molar-refractivity contribution in [3.05, 3.63) is 84.0 Å². The molecule has 2 aromatic carbocycles. The zero-order valence-electron chi connectivity index (χ0n) is 22.5. The first-order valence-corrected chi connectivity index (χ1v) is 13.9. The molecule has 0 amide bonds. The lowest BCUT2D eigenvalue weighted by Crippen LogP contribution is -2.39. The molecule has 9 nitrogen and oxygen atoms in total. The van der Waals surface area contributed by atoms with Gasteiger partial charge in [-0.05, 0) is 69.2 Å². The summed E-state index contributed by atoms with van der Waals surface area (Å²) in [5.41, 5.74) is 4.25. The lowest BCUT2D eigenvalue weighted by molar-refractivity contribution is 0.146. The van der Waals surface area contributed by atoms with Crippen LogP contribution in [0.25, 0.3) is 22.2 Å². The van der Waals surface area contributed by atoms with Gasteiger partial charge in [0, 0.05) is 42.0 Å². The number of nitrogens with zero attached hydrogens (tertiary/aromatic N) is 7. The smallest absolute Gasteiger partial charge is 0.141 e. The van der Waals surface area contributed by atoms with Crippen molar-refractivity contribution in [2.45, 2.75) is 45.4 Å². The highest BCUT2D eigenvalue weighted by Gasteiger charge is 2.23. The second kappa shape index (κ2) is 11.6. The van der Waals surface area contributed by atoms with E-state index in [0.29, 0.717) is 35.3 Å². The predicted molar refractivity (Wildman–Crippen MR) is 157 cm³/mol. The molecule has 204 valence electrons. The highest BCUT2D eigenvalue weighted by Crippen LogP contribution is 2.32. The molecule has 40 heavy (non-hydrogen) atoms. The van der Waals surface area contributed by atoms with Gasteiger partial charge in [0.2, 0.25) is 0 Å². The number of hydrogen-bond donors (Lipinski definition) is 1. The van der Waals surface area contributed by atoms with Crippen LogP contribution >= 0.6 is 11.6 Å². The number of fused-ring (bicyclic) bond motifs is 1. The van der Waals surface area contributed by atoms with Gasteiger partial charge in [0.25, 0.3) is 0 Å². The lowest BCUT2D eigenvalue weighted by atomic mass is 10.0. The molecule has 6 rings (SSSR count). The number of ether oxygens (including phenoxy) is 1. The minimum atomic E-state index is 0.342. The minimum absolute atomic E-state index is 0.342. The molecule has 0 atom stereocenters. The standard InChI is InChI=1S/C30H31ClN8O/c1-20(2)38-13-10-24(11-14-38)39-17-28(36-37-39)21-6-8-27-25(15-21)30(34-19-33-27)35-22-7-9-29(26(31)16-22)40-18-23-5-3-4-12-32-23/h3-9,12,15-17,19-20,24H,10-11,13-14,18H2,1-2H3,(H,33,34,35). The number of benzene rings is 2. The van der Waals surface area contributed by atoms with Crippen molar-refractivity contribution >= 4 is 34.0 Å². The Hall–Kier alpha value is -4.08. The van der Waals surface area contributed by atoms with Gasteiger partial charge in [-0.25, -0.2) is 14.6 Å². The van der Waals surface area contributed by atoms with Crippen LogP contribution in [0.3, 0.4) is 0 Å². The van der Waals surface area contributed by atoms with Crippen LogP contribution in [0.2, 0.25) is 5.02 Å². The Labute approximate surface area is 238 Å². The second-order valence-corrected chi connectivity index (χ2v) is 10.7. The molecule has 0 aliphatic carbocycles. The van der Waals surface area contributed by atoms with Crippen LogP contribution in [-0.2, 0) is 6.61 Å². The molecule has 3 aromatic heterocycles. The number of rotatable bonds is 8. The summed E-state index contributed by atoms with van der Waals surface area (Å²) >= 11 is 6.54. The van der Waals surface area contributed by atoms with Gasteiger partial charge in [-0.1, -0.05) is 28.9 Å². The van der Waals surface area contributed by atoms with Gasteiger partial charge < -0.3 is 15.0 Å². The average molecular weight is 555 g/mol. The van der Waals surface area contributed by atoms with E-state index in [0.717, 1.165) is 59.5 Å². The van der Waals surface area contributed by atoms with Crippen molar-refractivity contribution in [3.63, 3.8) is 0 Å². The highest BCUT2D eigenvalue weighted by molar-refractivity contribution is 6.32. The van der Waals surface area contributed by atoms with E-state index in [2.05, 4.69) is 61.6 Å². The van der Waals surface area contributed by atoms with Gasteiger partial charge in [-0.15, -0.1) is 5.10 Å². The number of pyridine rings is 1. The SMILES string of the molecule is CC(C)N1CCC(n2cc(-c3ccc4ncnc(Nc5ccc(OCc6ccccn6)c(Cl)c5)c4c3)nn2)CC1. The van der Waals surface area contributed by atoms with Crippen molar-refractivity contribution < 1.29 is 4.74 Å². The topological polar surface area (TPSA) is 93.9 Å². The van der Waals surface area contributed by atoms with Gasteiger partial charge in [0.1, 0.15) is 30.2 Å². The van der Waals surface area contributed by atoms with E-state index < -0.39 is 0 Å². The molecule has 1 aliphatic heterocycles. The monoisotopic (exact) mass is 554 g/mol. The molecule has 1 N–H and O–H groups in total. The summed E-state index contributed by atoms with van der Waals surface area (Å²) in [6.45, 7) is 7.02. The van der Waals surface area contributed by atoms with Crippen molar-refractivity contribution in [2.24, 2.45) is 0 Å². The number of piperidine rings is 1. The second-order valence-electron chi connectivity index (χ2n) is 10.3. The number of hydrogen-bond acceptors (Lipinski definition) is 8. The van der Waals surface area contributed by atoms with Crippen LogP contribution < -0.4 is 10.1 Å². The zero-order chi connectivity index (χ0) is 27.5. The Morgan fingerprint density at radius 1 is 1.02 bits per heavy atom. The molecule has 1 aliphatic rings. The summed E-state index contributed by atoms with van der Waals surface area (Å²) in [7, 11) is 0. The van der Waals surface area contributed by atoms with E-state index in [1.54, 1.807) is 12.5 Å². The molecule has 10 heteroatoms. The molecule has 0 unspecified atom stereocenters. The molecular formula is C30H31ClN8O. The first kappa shape index (κ1) is 26.2. The summed E-state index contributed by atoms with van der Waals surface area (Å²) in [6, 6.07) is 18.3. The summed E-state index contributed by atoms with van der Waals surface area (Å²) in [5.74, 6) is 1.27. The molecule has 1 saturated heterocycles. The van der Waals surface area contributed by atoms with E-state index in [1.165, 1.54) is 0 Å². The zero-order valence-corrected chi connectivity index (χ0v) is 23.3. The molecule has 4 heterocycles. The van der Waals surface area contributed by atoms with E-state index in [4.69, 9.17) is 16.3 Å². The minimum Gasteiger partial charge on any atom is -0.486 e. The predicted octanol–water partition coefficient (Wildman–Crippen LogP) is 6.30. The third kappa shape index (κ3) is 5.76. The van der Waals surface area contributed by atoms with Gasteiger partial charge in [0.05, 0.1) is 28.5 Å². The van der Waals surface area contributed by atoms with E-state index in [9.17, 15) is 0 Å². The lowest BCUT2D eigenvalue weighted by Gasteiger charge is -2.34. The fourth-order valence-corrected chi connectivity index (χ4v) is 5.27. The highest BCUT2D eigenvalue weighted by atomic mass is 35.5. The molecular weight excluding hydrogens is 524 g/mol. The Morgan fingerprint density at radius 2 is 1.90 bits per heavy atom. The van der Waals surface area contributed by atoms with Crippen LogP contribution in [0.4, 0.5) is 11.5 Å². The Kier molecular flexibility index (Phi) is 7.57. The Bertz CT molecular complexity index is 1600. The maximum Gasteiger partial charge on any atom is 0.141 e. The molecule has 0 bridgehead atoms. The molecule has 0 saturated carbocycles. The molecule has 1 fully saturated rings. The third-order valence-electron chi connectivity index (χ3n) is 7.34. The number of anilines is 2. The number of halogens is 1. The van der Waals surface area contributed by atoms with Crippen LogP contribution in [0, 0.1) is 0 Å². The van der Waals surface area contributed by atoms with E-state index >= 15 is 0 Å². The fourth-order valence-electron chi connectivity index (χ4n) is 5.04. The van der Waals surface area contributed by atoms with Crippen LogP contribution in [0.5, 0.6) is 5.75 Å². The number of likely N-dealkylation sites (tertiary alicyclic amines) is 1. The van der Waals surface area contributed by atoms with Crippen molar-refractivity contribution in [2.75, 3.05) is 18.4 Å². The van der Waals surface area contributed by atoms with Gasteiger partial charge in [0.15, 0.2) is 0 Å².